The Morgan fingerprint density at radius 2 is 2.00 bits per heavy atom. The minimum absolute atomic E-state index is 0.0749. The number of likely N-dealkylation sites (tertiary alicyclic amines) is 1. The van der Waals surface area contributed by atoms with Crippen LogP contribution in [0, 0.1) is 13.8 Å². The Labute approximate surface area is 163 Å². The fraction of sp³-hybridized carbons (Fsp3) is 0.286. The van der Waals surface area contributed by atoms with Gasteiger partial charge in [0.25, 0.3) is 0 Å². The molecule has 1 unspecified atom stereocenters. The number of hydrogen-bond donors (Lipinski definition) is 0. The maximum absolute atomic E-state index is 12.4. The third kappa shape index (κ3) is 3.60. The Hall–Kier alpha value is -2.66. The lowest BCUT2D eigenvalue weighted by molar-refractivity contribution is -0.128. The van der Waals surface area contributed by atoms with Gasteiger partial charge in [0, 0.05) is 30.1 Å². The molecule has 0 N–H and O–H groups in total. The average molecular weight is 382 g/mol. The summed E-state index contributed by atoms with van der Waals surface area (Å²) in [5, 5.41) is 4.78. The van der Waals surface area contributed by atoms with Crippen molar-refractivity contribution in [3.05, 3.63) is 70.1 Å². The molecule has 2 aromatic carbocycles. The Morgan fingerprint density at radius 1 is 1.19 bits per heavy atom. The van der Waals surface area contributed by atoms with Crippen LogP contribution in [0.4, 0.5) is 0 Å². The zero-order valence-corrected chi connectivity index (χ0v) is 16.0. The summed E-state index contributed by atoms with van der Waals surface area (Å²) in [6.45, 7) is 5.17. The molecule has 4 rings (SSSR count). The maximum Gasteiger partial charge on any atom is 0.232 e. The molecule has 3 aromatic rings. The van der Waals surface area contributed by atoms with E-state index in [1.54, 1.807) is 4.90 Å². The first-order chi connectivity index (χ1) is 13.0. The molecular formula is C21H20ClN3O2. The summed E-state index contributed by atoms with van der Waals surface area (Å²) in [5.74, 6) is 1.06. The summed E-state index contributed by atoms with van der Waals surface area (Å²) in [4.78, 5) is 18.8. The van der Waals surface area contributed by atoms with E-state index < -0.39 is 0 Å². The molecule has 1 amide bonds. The highest BCUT2D eigenvalue weighted by molar-refractivity contribution is 6.31. The van der Waals surface area contributed by atoms with E-state index in [9.17, 15) is 4.79 Å². The summed E-state index contributed by atoms with van der Waals surface area (Å²) in [6.07, 6.45) is 0.374. The second-order valence-corrected chi connectivity index (χ2v) is 7.43. The fourth-order valence-corrected chi connectivity index (χ4v) is 3.52. The number of aryl methyl sites for hydroxylation is 2. The highest BCUT2D eigenvalue weighted by Gasteiger charge is 2.34. The van der Waals surface area contributed by atoms with Crippen LogP contribution in [-0.4, -0.2) is 27.5 Å². The van der Waals surface area contributed by atoms with Crippen molar-refractivity contribution in [3.63, 3.8) is 0 Å². The maximum atomic E-state index is 12.4. The van der Waals surface area contributed by atoms with Crippen molar-refractivity contribution in [1.29, 1.82) is 0 Å². The Bertz CT molecular complexity index is 999. The topological polar surface area (TPSA) is 59.2 Å². The molecule has 0 saturated carbocycles. The van der Waals surface area contributed by atoms with Gasteiger partial charge in [0.2, 0.25) is 17.6 Å². The number of carbonyl (C=O) groups is 1. The van der Waals surface area contributed by atoms with E-state index in [1.807, 2.05) is 42.5 Å². The predicted octanol–water partition coefficient (Wildman–Crippen LogP) is 4.52. The lowest BCUT2D eigenvalue weighted by Crippen LogP contribution is -2.24. The number of aromatic nitrogens is 2. The summed E-state index contributed by atoms with van der Waals surface area (Å²) in [6, 6.07) is 13.7. The van der Waals surface area contributed by atoms with Gasteiger partial charge in [0.1, 0.15) is 0 Å². The molecule has 2 heterocycles. The number of rotatable bonds is 4. The first-order valence-corrected chi connectivity index (χ1v) is 9.31. The molecule has 0 bridgehead atoms. The first-order valence-electron chi connectivity index (χ1n) is 8.93. The van der Waals surface area contributed by atoms with Crippen LogP contribution in [-0.2, 0) is 11.3 Å². The van der Waals surface area contributed by atoms with Crippen molar-refractivity contribution in [1.82, 2.24) is 15.0 Å². The standard InChI is InChI=1S/C21H20ClN3O2/c1-13-7-8-15(9-14(13)2)20-23-21(27-24-20)17-10-19(26)25(12-17)11-16-5-3-4-6-18(16)22/h3-9,17H,10-12H2,1-2H3. The molecule has 1 saturated heterocycles. The molecule has 138 valence electrons. The van der Waals surface area contributed by atoms with Crippen molar-refractivity contribution >= 4 is 17.5 Å². The highest BCUT2D eigenvalue weighted by atomic mass is 35.5. The highest BCUT2D eigenvalue weighted by Crippen LogP contribution is 2.30. The third-order valence-corrected chi connectivity index (χ3v) is 5.46. The first kappa shape index (κ1) is 17.7. The molecule has 1 fully saturated rings. The van der Waals surface area contributed by atoms with Gasteiger partial charge in [0.15, 0.2) is 0 Å². The molecule has 1 aliphatic rings. The molecule has 0 aliphatic carbocycles. The molecular weight excluding hydrogens is 362 g/mol. The number of halogens is 1. The van der Waals surface area contributed by atoms with Crippen molar-refractivity contribution in [2.45, 2.75) is 32.7 Å². The second kappa shape index (κ2) is 7.16. The number of amides is 1. The monoisotopic (exact) mass is 381 g/mol. The van der Waals surface area contributed by atoms with Gasteiger partial charge in [-0.3, -0.25) is 4.79 Å². The van der Waals surface area contributed by atoms with E-state index in [0.717, 1.165) is 11.1 Å². The normalized spacial score (nSPS) is 16.9. The van der Waals surface area contributed by atoms with Crippen molar-refractivity contribution < 1.29 is 9.32 Å². The molecule has 5 nitrogen and oxygen atoms in total. The number of carbonyl (C=O) groups excluding carboxylic acids is 1. The van der Waals surface area contributed by atoms with Crippen molar-refractivity contribution in [2.75, 3.05) is 6.54 Å². The Balaban J connectivity index is 1.50. The van der Waals surface area contributed by atoms with Gasteiger partial charge in [0.05, 0.1) is 5.92 Å². The predicted molar refractivity (Wildman–Crippen MR) is 103 cm³/mol. The number of benzene rings is 2. The van der Waals surface area contributed by atoms with Gasteiger partial charge in [-0.15, -0.1) is 0 Å². The smallest absolute Gasteiger partial charge is 0.232 e. The van der Waals surface area contributed by atoms with Crippen LogP contribution < -0.4 is 0 Å². The van der Waals surface area contributed by atoms with Crippen molar-refractivity contribution in [3.8, 4) is 11.4 Å². The Kier molecular flexibility index (Phi) is 4.70. The third-order valence-electron chi connectivity index (χ3n) is 5.09. The number of nitrogens with zero attached hydrogens (tertiary/aromatic N) is 3. The second-order valence-electron chi connectivity index (χ2n) is 7.02. The summed E-state index contributed by atoms with van der Waals surface area (Å²) in [5.41, 5.74) is 4.26. The van der Waals surface area contributed by atoms with Crippen LogP contribution in [0.2, 0.25) is 5.02 Å². The van der Waals surface area contributed by atoms with Gasteiger partial charge in [-0.1, -0.05) is 47.1 Å². The van der Waals surface area contributed by atoms with Crippen LogP contribution >= 0.6 is 11.6 Å². The van der Waals surface area contributed by atoms with E-state index in [1.165, 1.54) is 11.1 Å². The molecule has 1 aliphatic heterocycles. The van der Waals surface area contributed by atoms with Gasteiger partial charge in [-0.25, -0.2) is 0 Å². The molecule has 1 atom stereocenters. The fourth-order valence-electron chi connectivity index (χ4n) is 3.32. The van der Waals surface area contributed by atoms with Crippen molar-refractivity contribution in [2.24, 2.45) is 0 Å². The SMILES string of the molecule is Cc1ccc(-c2noc(C3CC(=O)N(Cc4ccccc4Cl)C3)n2)cc1C. The van der Waals surface area contributed by atoms with E-state index in [0.29, 0.717) is 36.2 Å². The van der Waals surface area contributed by atoms with E-state index in [4.69, 9.17) is 16.1 Å². The lowest BCUT2D eigenvalue weighted by atomic mass is 10.1. The minimum atomic E-state index is -0.0900. The van der Waals surface area contributed by atoms with Crippen LogP contribution in [0.3, 0.4) is 0 Å². The summed E-state index contributed by atoms with van der Waals surface area (Å²) >= 11 is 6.22. The average Bonchev–Trinajstić information content (AvgIpc) is 3.27. The van der Waals surface area contributed by atoms with Crippen LogP contribution in [0.5, 0.6) is 0 Å². The molecule has 6 heteroatoms. The van der Waals surface area contributed by atoms with E-state index in [2.05, 4.69) is 24.0 Å². The number of hydrogen-bond acceptors (Lipinski definition) is 4. The van der Waals surface area contributed by atoms with E-state index >= 15 is 0 Å². The van der Waals surface area contributed by atoms with Crippen LogP contribution in [0.15, 0.2) is 47.0 Å². The van der Waals surface area contributed by atoms with Gasteiger partial charge in [-0.05, 0) is 42.7 Å². The molecule has 0 spiro atoms. The van der Waals surface area contributed by atoms with Gasteiger partial charge >= 0.3 is 0 Å². The quantitative estimate of drug-likeness (QED) is 0.666. The Morgan fingerprint density at radius 3 is 2.78 bits per heavy atom. The molecule has 0 radical (unpaired) electrons. The van der Waals surface area contributed by atoms with Gasteiger partial charge < -0.3 is 9.42 Å². The zero-order valence-electron chi connectivity index (χ0n) is 15.3. The molecule has 1 aromatic heterocycles. The molecule has 27 heavy (non-hydrogen) atoms. The lowest BCUT2D eigenvalue weighted by Gasteiger charge is -2.16. The zero-order chi connectivity index (χ0) is 19.0. The minimum Gasteiger partial charge on any atom is -0.339 e. The largest absolute Gasteiger partial charge is 0.339 e. The van der Waals surface area contributed by atoms with Gasteiger partial charge in [-0.2, -0.15) is 4.98 Å². The van der Waals surface area contributed by atoms with Crippen LogP contribution in [0.25, 0.3) is 11.4 Å². The van der Waals surface area contributed by atoms with E-state index in [-0.39, 0.29) is 11.8 Å². The summed E-state index contributed by atoms with van der Waals surface area (Å²) in [7, 11) is 0. The summed E-state index contributed by atoms with van der Waals surface area (Å²) < 4.78 is 5.48. The van der Waals surface area contributed by atoms with Crippen LogP contribution in [0.1, 0.15) is 34.9 Å².